The molecule has 0 aromatic carbocycles. The second-order valence-electron chi connectivity index (χ2n) is 5.61. The van der Waals surface area contributed by atoms with Crippen LogP contribution < -0.4 is 0 Å². The summed E-state index contributed by atoms with van der Waals surface area (Å²) < 4.78 is 8.20. The summed E-state index contributed by atoms with van der Waals surface area (Å²) in [4.78, 5) is 1.05. The van der Waals surface area contributed by atoms with Crippen LogP contribution in [0.2, 0.25) is 0 Å². The second-order valence-corrected chi connectivity index (χ2v) is 10.1. The van der Waals surface area contributed by atoms with Crippen molar-refractivity contribution < 1.29 is 9.84 Å². The normalized spacial score (nSPS) is 27.6. The molecule has 3 rings (SSSR count). The molecule has 0 bridgehead atoms. The SMILES string of the molecule is OC(c1cc(Br)c(Br)s1)C1CCOC2(CCSCC2)C1. The molecule has 2 aliphatic heterocycles. The Morgan fingerprint density at radius 3 is 2.75 bits per heavy atom. The highest BCUT2D eigenvalue weighted by molar-refractivity contribution is 9.13. The third-order valence-corrected chi connectivity index (χ3v) is 8.65. The first-order valence-electron chi connectivity index (χ1n) is 6.94. The first-order chi connectivity index (χ1) is 9.60. The molecule has 2 aliphatic rings. The van der Waals surface area contributed by atoms with Gasteiger partial charge in [0.1, 0.15) is 0 Å². The number of hydrogen-bond acceptors (Lipinski definition) is 4. The maximum absolute atomic E-state index is 10.7. The predicted molar refractivity (Wildman–Crippen MR) is 92.6 cm³/mol. The molecule has 6 heteroatoms. The van der Waals surface area contributed by atoms with Crippen LogP contribution in [0.25, 0.3) is 0 Å². The van der Waals surface area contributed by atoms with Crippen LogP contribution in [-0.4, -0.2) is 28.8 Å². The fourth-order valence-corrected chi connectivity index (χ4v) is 6.57. The van der Waals surface area contributed by atoms with Crippen molar-refractivity contribution in [2.24, 2.45) is 5.92 Å². The van der Waals surface area contributed by atoms with Crippen LogP contribution >= 0.6 is 55.0 Å². The Balaban J connectivity index is 1.72. The Kier molecular flexibility index (Phi) is 5.21. The fourth-order valence-electron chi connectivity index (χ4n) is 3.17. The van der Waals surface area contributed by atoms with Gasteiger partial charge in [-0.15, -0.1) is 11.3 Å². The van der Waals surface area contributed by atoms with Crippen molar-refractivity contribution in [1.82, 2.24) is 0 Å². The number of aliphatic hydroxyl groups is 1. The first kappa shape index (κ1) is 15.8. The Morgan fingerprint density at radius 1 is 1.35 bits per heavy atom. The quantitative estimate of drug-likeness (QED) is 0.700. The summed E-state index contributed by atoms with van der Waals surface area (Å²) >= 11 is 10.7. The lowest BCUT2D eigenvalue weighted by molar-refractivity contribution is -0.120. The molecule has 3 heterocycles. The van der Waals surface area contributed by atoms with Gasteiger partial charge in [-0.3, -0.25) is 0 Å². The zero-order chi connectivity index (χ0) is 14.2. The van der Waals surface area contributed by atoms with Crippen molar-refractivity contribution in [2.45, 2.75) is 37.4 Å². The largest absolute Gasteiger partial charge is 0.387 e. The van der Waals surface area contributed by atoms with Crippen molar-refractivity contribution in [1.29, 1.82) is 0 Å². The summed E-state index contributed by atoms with van der Waals surface area (Å²) in [5.41, 5.74) is 0.0425. The van der Waals surface area contributed by atoms with E-state index in [4.69, 9.17) is 4.74 Å². The number of thiophene rings is 1. The number of halogens is 2. The van der Waals surface area contributed by atoms with E-state index in [1.807, 2.05) is 17.8 Å². The van der Waals surface area contributed by atoms with Gasteiger partial charge in [0.2, 0.25) is 0 Å². The van der Waals surface area contributed by atoms with Gasteiger partial charge in [-0.2, -0.15) is 11.8 Å². The van der Waals surface area contributed by atoms with Gasteiger partial charge in [0.15, 0.2) is 0 Å². The van der Waals surface area contributed by atoms with Gasteiger partial charge in [0, 0.05) is 16.0 Å². The molecule has 2 fully saturated rings. The van der Waals surface area contributed by atoms with Crippen molar-refractivity contribution in [3.05, 3.63) is 19.2 Å². The predicted octanol–water partition coefficient (Wildman–Crippen LogP) is 5.00. The number of ether oxygens (including phenoxy) is 1. The van der Waals surface area contributed by atoms with E-state index in [0.29, 0.717) is 5.92 Å². The van der Waals surface area contributed by atoms with Crippen LogP contribution in [0.4, 0.5) is 0 Å². The zero-order valence-electron chi connectivity index (χ0n) is 11.1. The average molecular weight is 442 g/mol. The average Bonchev–Trinajstić information content (AvgIpc) is 2.79. The van der Waals surface area contributed by atoms with Gasteiger partial charge in [0.25, 0.3) is 0 Å². The molecule has 1 aromatic rings. The third-order valence-electron chi connectivity index (χ3n) is 4.34. The Labute approximate surface area is 144 Å². The molecular formula is C14H18Br2O2S2. The highest BCUT2D eigenvalue weighted by Crippen LogP contribution is 2.45. The van der Waals surface area contributed by atoms with Gasteiger partial charge in [-0.25, -0.2) is 0 Å². The topological polar surface area (TPSA) is 29.5 Å². The molecular weight excluding hydrogens is 424 g/mol. The molecule has 0 amide bonds. The highest BCUT2D eigenvalue weighted by atomic mass is 79.9. The summed E-state index contributed by atoms with van der Waals surface area (Å²) in [5.74, 6) is 2.71. The van der Waals surface area contributed by atoms with Crippen LogP contribution in [-0.2, 0) is 4.74 Å². The highest BCUT2D eigenvalue weighted by Gasteiger charge is 2.41. The van der Waals surface area contributed by atoms with Gasteiger partial charge >= 0.3 is 0 Å². The van der Waals surface area contributed by atoms with Gasteiger partial charge < -0.3 is 9.84 Å². The van der Waals surface area contributed by atoms with Crippen LogP contribution in [0.1, 0.15) is 36.7 Å². The van der Waals surface area contributed by atoms with Crippen molar-refractivity contribution >= 4 is 55.0 Å². The monoisotopic (exact) mass is 440 g/mol. The maximum atomic E-state index is 10.7. The Hall–Kier alpha value is 0.930. The number of hydrogen-bond donors (Lipinski definition) is 1. The Morgan fingerprint density at radius 2 is 2.10 bits per heavy atom. The van der Waals surface area contributed by atoms with Gasteiger partial charge in [0.05, 0.1) is 15.5 Å². The number of rotatable bonds is 2. The van der Waals surface area contributed by atoms with E-state index in [2.05, 4.69) is 31.9 Å². The Bertz CT molecular complexity index is 447. The third kappa shape index (κ3) is 3.30. The lowest BCUT2D eigenvalue weighted by atomic mass is 9.79. The molecule has 2 atom stereocenters. The molecule has 20 heavy (non-hydrogen) atoms. The molecule has 1 aromatic heterocycles. The van der Waals surface area contributed by atoms with Crippen molar-refractivity contribution in [3.63, 3.8) is 0 Å². The number of thioether (sulfide) groups is 1. The van der Waals surface area contributed by atoms with Crippen molar-refractivity contribution in [2.75, 3.05) is 18.1 Å². The minimum absolute atomic E-state index is 0.0425. The zero-order valence-corrected chi connectivity index (χ0v) is 15.9. The minimum atomic E-state index is -0.363. The molecule has 1 N–H and O–H groups in total. The van der Waals surface area contributed by atoms with Gasteiger partial charge in [-0.05, 0) is 81.0 Å². The van der Waals surface area contributed by atoms with Crippen molar-refractivity contribution in [3.8, 4) is 0 Å². The first-order valence-corrected chi connectivity index (χ1v) is 10.5. The molecule has 2 unspecified atom stereocenters. The van der Waals surface area contributed by atoms with Crippen LogP contribution in [0, 0.1) is 5.92 Å². The van der Waals surface area contributed by atoms with E-state index >= 15 is 0 Å². The molecule has 2 nitrogen and oxygen atoms in total. The standard InChI is InChI=1S/C14H18Br2O2S2/c15-10-7-11(20-13(10)16)12(17)9-1-4-18-14(8-9)2-5-19-6-3-14/h7,9,12,17H,1-6,8H2. The lowest BCUT2D eigenvalue weighted by Gasteiger charge is -2.44. The lowest BCUT2D eigenvalue weighted by Crippen LogP contribution is -2.44. The molecule has 1 spiro atoms. The summed E-state index contributed by atoms with van der Waals surface area (Å²) in [6.45, 7) is 0.792. The smallest absolute Gasteiger partial charge is 0.0912 e. The molecule has 2 saturated heterocycles. The fraction of sp³-hybridized carbons (Fsp3) is 0.714. The van der Waals surface area contributed by atoms with Crippen LogP contribution in [0.15, 0.2) is 14.3 Å². The molecule has 112 valence electrons. The minimum Gasteiger partial charge on any atom is -0.387 e. The summed E-state index contributed by atoms with van der Waals surface area (Å²) in [6, 6.07) is 2.04. The second kappa shape index (κ2) is 6.59. The van der Waals surface area contributed by atoms with E-state index in [9.17, 15) is 5.11 Å². The number of aliphatic hydroxyl groups excluding tert-OH is 1. The van der Waals surface area contributed by atoms with E-state index in [0.717, 1.165) is 45.4 Å². The molecule has 0 saturated carbocycles. The summed E-state index contributed by atoms with van der Waals surface area (Å²) in [5, 5.41) is 10.7. The summed E-state index contributed by atoms with van der Waals surface area (Å²) in [6.07, 6.45) is 3.88. The summed E-state index contributed by atoms with van der Waals surface area (Å²) in [7, 11) is 0. The van der Waals surface area contributed by atoms with E-state index < -0.39 is 0 Å². The van der Waals surface area contributed by atoms with Gasteiger partial charge in [-0.1, -0.05) is 0 Å². The molecule has 0 aliphatic carbocycles. The van der Waals surface area contributed by atoms with E-state index in [1.165, 1.54) is 11.5 Å². The van der Waals surface area contributed by atoms with Crippen LogP contribution in [0.5, 0.6) is 0 Å². The van der Waals surface area contributed by atoms with E-state index in [-0.39, 0.29) is 11.7 Å². The van der Waals surface area contributed by atoms with Crippen LogP contribution in [0.3, 0.4) is 0 Å². The maximum Gasteiger partial charge on any atom is 0.0912 e. The molecule has 0 radical (unpaired) electrons. The van der Waals surface area contributed by atoms with E-state index in [1.54, 1.807) is 11.3 Å².